The fourth-order valence-corrected chi connectivity index (χ4v) is 5.98. The van der Waals surface area contributed by atoms with Gasteiger partial charge in [-0.3, -0.25) is 4.79 Å². The van der Waals surface area contributed by atoms with Crippen molar-refractivity contribution in [1.29, 1.82) is 0 Å². The Morgan fingerprint density at radius 1 is 0.967 bits per heavy atom. The largest absolute Gasteiger partial charge is 0.420 e. The normalized spacial score (nSPS) is 26.7. The van der Waals surface area contributed by atoms with Crippen molar-refractivity contribution in [3.8, 4) is 5.75 Å². The van der Waals surface area contributed by atoms with Crippen LogP contribution in [0, 0.1) is 40.9 Å². The highest BCUT2D eigenvalue weighted by Gasteiger charge is 2.63. The molecule has 0 spiro atoms. The molecule has 30 heavy (non-hydrogen) atoms. The molecule has 3 nitrogen and oxygen atoms in total. The number of carbonyl (C=O) groups is 1. The summed E-state index contributed by atoms with van der Waals surface area (Å²) in [7, 11) is -2.31. The van der Waals surface area contributed by atoms with E-state index in [9.17, 15) is 26.7 Å². The van der Waals surface area contributed by atoms with E-state index in [0.717, 1.165) is 19.3 Å². The van der Waals surface area contributed by atoms with Crippen molar-refractivity contribution in [3.63, 3.8) is 0 Å². The number of esters is 1. The Morgan fingerprint density at radius 3 is 2.00 bits per heavy atom. The van der Waals surface area contributed by atoms with Gasteiger partial charge in [-0.25, -0.2) is 13.2 Å². The lowest BCUT2D eigenvalue weighted by Gasteiger charge is -2.60. The van der Waals surface area contributed by atoms with Gasteiger partial charge in [0.15, 0.2) is 8.32 Å². The molecular formula is C21H27F5O3Si. The van der Waals surface area contributed by atoms with Gasteiger partial charge >= 0.3 is 5.97 Å². The fraction of sp³-hybridized carbons (Fsp3) is 0.667. The second-order valence-corrected chi connectivity index (χ2v) is 14.6. The number of halogens is 5. The average Bonchev–Trinajstić information content (AvgIpc) is 2.64. The van der Waals surface area contributed by atoms with Crippen LogP contribution in [-0.2, 0) is 9.22 Å². The van der Waals surface area contributed by atoms with Crippen LogP contribution in [0.4, 0.5) is 22.0 Å². The summed E-state index contributed by atoms with van der Waals surface area (Å²) < 4.78 is 79.6. The first kappa shape index (κ1) is 23.2. The molecule has 0 amide bonds. The van der Waals surface area contributed by atoms with E-state index in [1.54, 1.807) is 0 Å². The summed E-state index contributed by atoms with van der Waals surface area (Å²) in [4.78, 5) is 12.8. The van der Waals surface area contributed by atoms with Crippen molar-refractivity contribution in [2.75, 3.05) is 0 Å². The van der Waals surface area contributed by atoms with E-state index in [2.05, 4.69) is 33.9 Å². The van der Waals surface area contributed by atoms with Crippen LogP contribution in [0.1, 0.15) is 52.9 Å². The number of carbonyl (C=O) groups excluding carboxylic acids is 1. The van der Waals surface area contributed by atoms with Gasteiger partial charge < -0.3 is 9.16 Å². The molecule has 0 radical (unpaired) electrons. The molecular weight excluding hydrogens is 423 g/mol. The number of rotatable bonds is 4. The zero-order valence-corrected chi connectivity index (χ0v) is 18.8. The molecule has 0 saturated heterocycles. The van der Waals surface area contributed by atoms with Gasteiger partial charge in [0.2, 0.25) is 34.8 Å². The average molecular weight is 451 g/mol. The quantitative estimate of drug-likeness (QED) is 0.136. The molecule has 2 saturated carbocycles. The molecule has 168 valence electrons. The SMILES string of the molecule is CC(C)(C)[Si](C)(C)O[C@@]12CCCC[C@@H]1C[C@@H]2C(=O)Oc1c(F)c(F)c(F)c(F)c1F. The van der Waals surface area contributed by atoms with Gasteiger partial charge in [0, 0.05) is 0 Å². The van der Waals surface area contributed by atoms with E-state index in [-0.39, 0.29) is 11.0 Å². The molecule has 3 rings (SSSR count). The second-order valence-electron chi connectivity index (χ2n) is 9.87. The molecule has 3 atom stereocenters. The van der Waals surface area contributed by atoms with Crippen LogP contribution >= 0.6 is 0 Å². The van der Waals surface area contributed by atoms with Crippen LogP contribution in [0.2, 0.25) is 18.1 Å². The van der Waals surface area contributed by atoms with Crippen LogP contribution in [0.25, 0.3) is 0 Å². The van der Waals surface area contributed by atoms with Crippen molar-refractivity contribution < 1.29 is 35.9 Å². The van der Waals surface area contributed by atoms with Gasteiger partial charge in [0.25, 0.3) is 0 Å². The van der Waals surface area contributed by atoms with Crippen LogP contribution in [0.3, 0.4) is 0 Å². The highest BCUT2D eigenvalue weighted by Crippen LogP contribution is 2.58. The molecule has 2 fully saturated rings. The van der Waals surface area contributed by atoms with Gasteiger partial charge in [-0.05, 0) is 43.3 Å². The molecule has 2 aliphatic rings. The summed E-state index contributed by atoms with van der Waals surface area (Å²) >= 11 is 0. The molecule has 0 bridgehead atoms. The van der Waals surface area contributed by atoms with Crippen LogP contribution in [-0.4, -0.2) is 19.9 Å². The maximum atomic E-state index is 14.0. The molecule has 0 heterocycles. The third-order valence-corrected chi connectivity index (χ3v) is 11.6. The van der Waals surface area contributed by atoms with E-state index < -0.39 is 60.6 Å². The Balaban J connectivity index is 1.91. The Morgan fingerprint density at radius 2 is 1.50 bits per heavy atom. The zero-order valence-electron chi connectivity index (χ0n) is 17.8. The van der Waals surface area contributed by atoms with Crippen LogP contribution in [0.5, 0.6) is 5.75 Å². The van der Waals surface area contributed by atoms with E-state index in [4.69, 9.17) is 9.16 Å². The fourth-order valence-electron chi connectivity index (χ4n) is 4.32. The number of fused-ring (bicyclic) bond motifs is 1. The molecule has 2 aliphatic carbocycles. The summed E-state index contributed by atoms with van der Waals surface area (Å²) in [5.74, 6) is -14.2. The third-order valence-electron chi connectivity index (χ3n) is 7.08. The lowest BCUT2D eigenvalue weighted by Crippen LogP contribution is -2.66. The number of ether oxygens (including phenoxy) is 1. The molecule has 0 N–H and O–H groups in total. The van der Waals surface area contributed by atoms with E-state index in [1.807, 2.05) is 0 Å². The molecule has 1 aromatic rings. The highest BCUT2D eigenvalue weighted by molar-refractivity contribution is 6.74. The summed E-state index contributed by atoms with van der Waals surface area (Å²) in [6, 6.07) is 0. The Kier molecular flexibility index (Phi) is 5.86. The lowest BCUT2D eigenvalue weighted by molar-refractivity contribution is -0.187. The molecule has 0 aromatic heterocycles. The maximum Gasteiger partial charge on any atom is 0.317 e. The van der Waals surface area contributed by atoms with Crippen molar-refractivity contribution >= 4 is 14.3 Å². The first-order valence-electron chi connectivity index (χ1n) is 10.2. The molecule has 0 aliphatic heterocycles. The minimum atomic E-state index is -2.31. The predicted molar refractivity (Wildman–Crippen MR) is 103 cm³/mol. The second kappa shape index (κ2) is 7.58. The van der Waals surface area contributed by atoms with Crippen molar-refractivity contribution in [3.05, 3.63) is 29.1 Å². The van der Waals surface area contributed by atoms with E-state index in [0.29, 0.717) is 12.8 Å². The Labute approximate surface area is 174 Å². The first-order valence-corrected chi connectivity index (χ1v) is 13.1. The minimum Gasteiger partial charge on any atom is -0.420 e. The predicted octanol–water partition coefficient (Wildman–Crippen LogP) is 6.26. The maximum absolute atomic E-state index is 14.0. The van der Waals surface area contributed by atoms with Crippen molar-refractivity contribution in [2.45, 2.75) is 76.6 Å². The number of benzene rings is 1. The summed E-state index contributed by atoms with van der Waals surface area (Å²) in [6.45, 7) is 10.3. The topological polar surface area (TPSA) is 35.5 Å². The first-order chi connectivity index (χ1) is 13.7. The minimum absolute atomic E-state index is 0.106. The van der Waals surface area contributed by atoms with Gasteiger partial charge in [-0.15, -0.1) is 0 Å². The van der Waals surface area contributed by atoms with Gasteiger partial charge in [-0.2, -0.15) is 8.78 Å². The van der Waals surface area contributed by atoms with Crippen molar-refractivity contribution in [1.82, 2.24) is 0 Å². The Bertz CT molecular complexity index is 838. The summed E-state index contributed by atoms with van der Waals surface area (Å²) in [6.07, 6.45) is 3.69. The zero-order chi connectivity index (χ0) is 22.6. The lowest BCUT2D eigenvalue weighted by atomic mass is 9.55. The van der Waals surface area contributed by atoms with Crippen LogP contribution < -0.4 is 4.74 Å². The van der Waals surface area contributed by atoms with Gasteiger partial charge in [0.1, 0.15) is 0 Å². The Hall–Kier alpha value is -1.48. The molecule has 1 aromatic carbocycles. The summed E-state index contributed by atoms with van der Waals surface area (Å²) in [5, 5.41) is -0.130. The molecule has 9 heteroatoms. The standard InChI is InChI=1S/C21H27F5O3Si/c1-20(2,3)30(4,5)29-21-9-7-6-8-11(21)10-12(21)19(27)28-18-16(25)14(23)13(22)15(24)17(18)26/h11-12H,6-10H2,1-5H3/t11-,12-,21+/m1/s1. The van der Waals surface area contributed by atoms with Gasteiger partial charge in [0.05, 0.1) is 11.5 Å². The van der Waals surface area contributed by atoms with E-state index in [1.165, 1.54) is 0 Å². The monoisotopic (exact) mass is 450 g/mol. The number of hydrogen-bond donors (Lipinski definition) is 0. The van der Waals surface area contributed by atoms with Gasteiger partial charge in [-0.1, -0.05) is 33.6 Å². The van der Waals surface area contributed by atoms with Crippen molar-refractivity contribution in [2.24, 2.45) is 11.8 Å². The number of hydrogen-bond acceptors (Lipinski definition) is 3. The third kappa shape index (κ3) is 3.57. The summed E-state index contributed by atoms with van der Waals surface area (Å²) in [5.41, 5.74) is -0.817. The smallest absolute Gasteiger partial charge is 0.317 e. The van der Waals surface area contributed by atoms with E-state index >= 15 is 0 Å². The van der Waals surface area contributed by atoms with Crippen LogP contribution in [0.15, 0.2) is 0 Å². The highest BCUT2D eigenvalue weighted by atomic mass is 28.4. The molecule has 0 unspecified atom stereocenters.